The van der Waals surface area contributed by atoms with Gasteiger partial charge < -0.3 is 10.5 Å². The highest BCUT2D eigenvalue weighted by molar-refractivity contribution is 9.10. The highest BCUT2D eigenvalue weighted by Gasteiger charge is 2.36. The molecule has 1 heterocycles. The summed E-state index contributed by atoms with van der Waals surface area (Å²) in [4.78, 5) is 3.69. The van der Waals surface area contributed by atoms with E-state index in [1.165, 1.54) is 6.20 Å². The van der Waals surface area contributed by atoms with Gasteiger partial charge in [0, 0.05) is 15.1 Å². The number of aromatic nitrogens is 1. The lowest BCUT2D eigenvalue weighted by Crippen LogP contribution is -2.09. The van der Waals surface area contributed by atoms with Gasteiger partial charge in [-0.2, -0.15) is 13.2 Å². The lowest BCUT2D eigenvalue weighted by molar-refractivity contribution is -0.138. The molecule has 1 aromatic carbocycles. The second kappa shape index (κ2) is 5.84. The van der Waals surface area contributed by atoms with Gasteiger partial charge >= 0.3 is 6.18 Å². The summed E-state index contributed by atoms with van der Waals surface area (Å²) in [6.07, 6.45) is -3.35. The molecule has 3 nitrogen and oxygen atoms in total. The van der Waals surface area contributed by atoms with Crippen molar-refractivity contribution < 1.29 is 17.9 Å². The summed E-state index contributed by atoms with van der Waals surface area (Å²) in [5.41, 5.74) is 5.63. The molecule has 0 saturated heterocycles. The molecule has 0 fully saturated rings. The number of ether oxygens (including phenoxy) is 1. The Morgan fingerprint density at radius 2 is 1.81 bits per heavy atom. The first-order valence-corrected chi connectivity index (χ1v) is 7.23. The molecule has 0 radical (unpaired) electrons. The minimum atomic E-state index is -4.58. The molecule has 0 bridgehead atoms. The number of nitrogen functional groups attached to an aromatic ring is 1. The lowest BCUT2D eigenvalue weighted by Gasteiger charge is -2.15. The van der Waals surface area contributed by atoms with Crippen molar-refractivity contribution in [1.29, 1.82) is 0 Å². The quantitative estimate of drug-likeness (QED) is 0.663. The third-order valence-corrected chi connectivity index (χ3v) is 3.48. The van der Waals surface area contributed by atoms with E-state index in [-0.39, 0.29) is 15.9 Å². The number of benzene rings is 1. The van der Waals surface area contributed by atoms with Crippen LogP contribution in [0.25, 0.3) is 0 Å². The summed E-state index contributed by atoms with van der Waals surface area (Å²) in [6, 6.07) is 4.15. The van der Waals surface area contributed by atoms with E-state index >= 15 is 0 Å². The molecule has 2 N–H and O–H groups in total. The van der Waals surface area contributed by atoms with Crippen molar-refractivity contribution in [2.24, 2.45) is 0 Å². The summed E-state index contributed by atoms with van der Waals surface area (Å²) in [6.45, 7) is 1.68. The fourth-order valence-corrected chi connectivity index (χ4v) is 2.62. The average molecular weight is 426 g/mol. The molecular weight excluding hydrogens is 417 g/mol. The number of pyridine rings is 1. The van der Waals surface area contributed by atoms with Crippen LogP contribution in [0.3, 0.4) is 0 Å². The number of alkyl halides is 3. The smallest absolute Gasteiger partial charge is 0.421 e. The Labute approximate surface area is 135 Å². The first-order valence-electron chi connectivity index (χ1n) is 5.64. The Bertz CT molecular complexity index is 667. The van der Waals surface area contributed by atoms with E-state index in [2.05, 4.69) is 36.8 Å². The Balaban J connectivity index is 2.50. The van der Waals surface area contributed by atoms with Crippen LogP contribution in [0.15, 0.2) is 33.3 Å². The van der Waals surface area contributed by atoms with Gasteiger partial charge in [0.15, 0.2) is 5.75 Å². The minimum absolute atomic E-state index is 0.151. The number of anilines is 1. The van der Waals surface area contributed by atoms with Gasteiger partial charge in [-0.25, -0.2) is 4.98 Å². The van der Waals surface area contributed by atoms with Crippen molar-refractivity contribution in [2.75, 3.05) is 5.73 Å². The molecule has 2 aromatic rings. The zero-order valence-corrected chi connectivity index (χ0v) is 13.8. The summed E-state index contributed by atoms with van der Waals surface area (Å²) in [5.74, 6) is -0.388. The third-order valence-electron chi connectivity index (χ3n) is 2.59. The van der Waals surface area contributed by atoms with Crippen LogP contribution in [0, 0.1) is 6.92 Å². The van der Waals surface area contributed by atoms with Gasteiger partial charge in [-0.3, -0.25) is 0 Å². The fourth-order valence-electron chi connectivity index (χ4n) is 1.70. The molecule has 0 aliphatic carbocycles. The molecule has 21 heavy (non-hydrogen) atoms. The van der Waals surface area contributed by atoms with E-state index in [0.717, 1.165) is 6.07 Å². The van der Waals surface area contributed by atoms with Crippen LogP contribution < -0.4 is 10.5 Å². The van der Waals surface area contributed by atoms with Crippen LogP contribution in [0.5, 0.6) is 11.6 Å². The van der Waals surface area contributed by atoms with E-state index in [0.29, 0.717) is 10.0 Å². The number of aryl methyl sites for hydroxylation is 1. The van der Waals surface area contributed by atoms with Crippen LogP contribution in [0.1, 0.15) is 11.1 Å². The molecule has 0 aliphatic heterocycles. The van der Waals surface area contributed by atoms with Gasteiger partial charge in [-0.15, -0.1) is 0 Å². The average Bonchev–Trinajstić information content (AvgIpc) is 2.34. The maximum absolute atomic E-state index is 13.0. The second-order valence-electron chi connectivity index (χ2n) is 4.25. The summed E-state index contributed by atoms with van der Waals surface area (Å²) in [5, 5.41) is 0. The zero-order valence-electron chi connectivity index (χ0n) is 10.6. The maximum Gasteiger partial charge on any atom is 0.421 e. The highest BCUT2D eigenvalue weighted by Crippen LogP contribution is 2.40. The lowest BCUT2D eigenvalue weighted by atomic mass is 10.2. The van der Waals surface area contributed by atoms with Gasteiger partial charge in [0.25, 0.3) is 0 Å². The van der Waals surface area contributed by atoms with Gasteiger partial charge in [0.05, 0.1) is 5.69 Å². The standard InChI is InChI=1S/C13H9Br2F3N2O/c1-6-2-7(14)4-10(19)11(6)21-12-9(13(16,17)18)3-8(15)5-20-12/h2-5H,19H2,1H3. The monoisotopic (exact) mass is 424 g/mol. The molecule has 112 valence electrons. The van der Waals surface area contributed by atoms with Crippen molar-refractivity contribution in [3.05, 3.63) is 44.5 Å². The summed E-state index contributed by atoms with van der Waals surface area (Å²) < 4.78 is 45.3. The molecule has 0 unspecified atom stereocenters. The van der Waals surface area contributed by atoms with Crippen molar-refractivity contribution in [1.82, 2.24) is 4.98 Å². The fraction of sp³-hybridized carbons (Fsp3) is 0.154. The second-order valence-corrected chi connectivity index (χ2v) is 6.08. The first kappa shape index (κ1) is 16.1. The molecule has 2 rings (SSSR count). The number of hydrogen-bond donors (Lipinski definition) is 1. The van der Waals surface area contributed by atoms with E-state index in [1.54, 1.807) is 19.1 Å². The van der Waals surface area contributed by atoms with E-state index < -0.39 is 17.6 Å². The number of nitrogens with zero attached hydrogens (tertiary/aromatic N) is 1. The minimum Gasteiger partial charge on any atom is -0.436 e. The maximum atomic E-state index is 13.0. The number of hydrogen-bond acceptors (Lipinski definition) is 3. The van der Waals surface area contributed by atoms with Gasteiger partial charge in [0.2, 0.25) is 5.88 Å². The van der Waals surface area contributed by atoms with Crippen LogP contribution in [0.4, 0.5) is 18.9 Å². The Kier molecular flexibility index (Phi) is 4.48. The zero-order chi connectivity index (χ0) is 15.8. The van der Waals surface area contributed by atoms with Crippen molar-refractivity contribution >= 4 is 37.5 Å². The Hall–Kier alpha value is -1.28. The Morgan fingerprint density at radius 1 is 1.14 bits per heavy atom. The van der Waals surface area contributed by atoms with E-state index in [4.69, 9.17) is 10.5 Å². The molecule has 0 saturated carbocycles. The number of nitrogens with two attached hydrogens (primary N) is 1. The van der Waals surface area contributed by atoms with Crippen molar-refractivity contribution in [3.63, 3.8) is 0 Å². The van der Waals surface area contributed by atoms with Crippen LogP contribution in [-0.4, -0.2) is 4.98 Å². The van der Waals surface area contributed by atoms with Crippen LogP contribution in [0.2, 0.25) is 0 Å². The topological polar surface area (TPSA) is 48.1 Å². The van der Waals surface area contributed by atoms with E-state index in [1.807, 2.05) is 0 Å². The predicted molar refractivity (Wildman–Crippen MR) is 80.3 cm³/mol. The Morgan fingerprint density at radius 3 is 2.38 bits per heavy atom. The van der Waals surface area contributed by atoms with Crippen LogP contribution in [-0.2, 0) is 6.18 Å². The van der Waals surface area contributed by atoms with Gasteiger partial charge in [0.1, 0.15) is 5.56 Å². The molecule has 0 atom stereocenters. The summed E-state index contributed by atoms with van der Waals surface area (Å²) in [7, 11) is 0. The van der Waals surface area contributed by atoms with Gasteiger partial charge in [-0.1, -0.05) is 15.9 Å². The predicted octanol–water partition coefficient (Wildman–Crippen LogP) is 5.31. The molecular formula is C13H9Br2F3N2O. The molecule has 0 spiro atoms. The number of halogens is 5. The number of rotatable bonds is 2. The normalized spacial score (nSPS) is 11.5. The van der Waals surface area contributed by atoms with Crippen molar-refractivity contribution in [3.8, 4) is 11.6 Å². The van der Waals surface area contributed by atoms with Crippen LogP contribution >= 0.6 is 31.9 Å². The molecule has 0 amide bonds. The molecule has 1 aromatic heterocycles. The van der Waals surface area contributed by atoms with Gasteiger partial charge in [-0.05, 0) is 46.6 Å². The largest absolute Gasteiger partial charge is 0.436 e. The summed E-state index contributed by atoms with van der Waals surface area (Å²) >= 11 is 6.21. The highest BCUT2D eigenvalue weighted by atomic mass is 79.9. The van der Waals surface area contributed by atoms with Crippen molar-refractivity contribution in [2.45, 2.75) is 13.1 Å². The SMILES string of the molecule is Cc1cc(Br)cc(N)c1Oc1ncc(Br)cc1C(F)(F)F. The third kappa shape index (κ3) is 3.68. The van der Waals surface area contributed by atoms with E-state index in [9.17, 15) is 13.2 Å². The molecule has 0 aliphatic rings. The first-order chi connectivity index (χ1) is 9.68. The molecule has 8 heteroatoms.